The number of aryl methyl sites for hydroxylation is 1. The van der Waals surface area contributed by atoms with E-state index in [0.717, 1.165) is 0 Å². The maximum Gasteiger partial charge on any atom is 1.00 e. The van der Waals surface area contributed by atoms with E-state index >= 15 is 0 Å². The van der Waals surface area contributed by atoms with Crippen LogP contribution in [0.15, 0.2) is 42.5 Å². The zero-order valence-corrected chi connectivity index (χ0v) is 20.2. The molecule has 0 saturated heterocycles. The van der Waals surface area contributed by atoms with Crippen LogP contribution in [0.2, 0.25) is 0 Å². The molecule has 6 heteroatoms. The molecule has 4 nitrogen and oxygen atoms in total. The Labute approximate surface area is 193 Å². The SMILES string of the molecule is CCCCCCCCCCCCc1cccc2ccccc12.O=S(=O)([O-])[O-].[Na+]. The number of unbranched alkanes of at least 4 members (excludes halogenated alkanes) is 9. The normalized spacial score (nSPS) is 10.8. The predicted octanol–water partition coefficient (Wildman–Crippen LogP) is 2.97. The zero-order valence-electron chi connectivity index (χ0n) is 17.4. The Hall–Kier alpha value is -0.430. The molecule has 2 aromatic rings. The third kappa shape index (κ3) is 14.6. The number of benzene rings is 2. The van der Waals surface area contributed by atoms with Crippen molar-refractivity contribution in [2.45, 2.75) is 77.6 Å². The van der Waals surface area contributed by atoms with Crippen molar-refractivity contribution in [2.75, 3.05) is 0 Å². The van der Waals surface area contributed by atoms with Gasteiger partial charge in [0.1, 0.15) is 0 Å². The molecule has 2 aromatic carbocycles. The molecule has 2 rings (SSSR count). The molecule has 152 valence electrons. The van der Waals surface area contributed by atoms with Crippen LogP contribution in [-0.4, -0.2) is 17.5 Å². The second kappa shape index (κ2) is 16.4. The Morgan fingerprint density at radius 2 is 1.18 bits per heavy atom. The summed E-state index contributed by atoms with van der Waals surface area (Å²) in [5, 5.41) is 2.83. The van der Waals surface area contributed by atoms with Gasteiger partial charge in [-0.2, -0.15) is 0 Å². The van der Waals surface area contributed by atoms with E-state index < -0.39 is 10.4 Å². The van der Waals surface area contributed by atoms with Crippen LogP contribution in [0.4, 0.5) is 0 Å². The molecule has 0 heterocycles. The largest absolute Gasteiger partial charge is 1.00 e. The molecule has 0 bridgehead atoms. The van der Waals surface area contributed by atoms with Crippen LogP contribution >= 0.6 is 0 Å². The molecule has 0 radical (unpaired) electrons. The van der Waals surface area contributed by atoms with Crippen LogP contribution in [0, 0.1) is 0 Å². The molecule has 28 heavy (non-hydrogen) atoms. The van der Waals surface area contributed by atoms with Crippen molar-refractivity contribution in [3.63, 3.8) is 0 Å². The van der Waals surface area contributed by atoms with E-state index in [1.54, 1.807) is 0 Å². The van der Waals surface area contributed by atoms with E-state index in [4.69, 9.17) is 17.5 Å². The fraction of sp³-hybridized carbons (Fsp3) is 0.545. The van der Waals surface area contributed by atoms with Gasteiger partial charge in [-0.05, 0) is 29.2 Å². The van der Waals surface area contributed by atoms with E-state index in [0.29, 0.717) is 0 Å². The second-order valence-electron chi connectivity index (χ2n) is 6.98. The summed E-state index contributed by atoms with van der Waals surface area (Å²) in [6, 6.07) is 15.5. The topological polar surface area (TPSA) is 80.3 Å². The number of hydrogen-bond donors (Lipinski definition) is 0. The van der Waals surface area contributed by atoms with Gasteiger partial charge in [0.25, 0.3) is 0 Å². The van der Waals surface area contributed by atoms with Gasteiger partial charge in [0.2, 0.25) is 0 Å². The van der Waals surface area contributed by atoms with Crippen LogP contribution < -0.4 is 29.6 Å². The first-order valence-corrected chi connectivity index (χ1v) is 11.4. The molecule has 0 saturated carbocycles. The van der Waals surface area contributed by atoms with Crippen LogP contribution in [0.5, 0.6) is 0 Å². The van der Waals surface area contributed by atoms with Crippen LogP contribution in [0.3, 0.4) is 0 Å². The van der Waals surface area contributed by atoms with Crippen LogP contribution in [-0.2, 0) is 16.8 Å². The fourth-order valence-electron chi connectivity index (χ4n) is 3.31. The molecule has 0 aliphatic heterocycles. The van der Waals surface area contributed by atoms with Crippen molar-refractivity contribution in [2.24, 2.45) is 0 Å². The van der Waals surface area contributed by atoms with Gasteiger partial charge >= 0.3 is 29.6 Å². The van der Waals surface area contributed by atoms with Crippen molar-refractivity contribution in [1.29, 1.82) is 0 Å². The summed E-state index contributed by atoms with van der Waals surface area (Å²) in [6.45, 7) is 2.29. The quantitative estimate of drug-likeness (QED) is 0.245. The fourth-order valence-corrected chi connectivity index (χ4v) is 3.31. The van der Waals surface area contributed by atoms with Crippen molar-refractivity contribution in [3.05, 3.63) is 48.0 Å². The third-order valence-electron chi connectivity index (χ3n) is 4.68. The summed E-state index contributed by atoms with van der Waals surface area (Å²) < 4.78 is 34.1. The predicted molar refractivity (Wildman–Crippen MR) is 110 cm³/mol. The average Bonchev–Trinajstić information content (AvgIpc) is 2.62. The minimum atomic E-state index is -5.17. The molecule has 0 aliphatic carbocycles. The zero-order chi connectivity index (χ0) is 20.0. The summed E-state index contributed by atoms with van der Waals surface area (Å²) in [4.78, 5) is 0. The first-order valence-electron chi connectivity index (χ1n) is 10.0. The molecule has 0 aromatic heterocycles. The summed E-state index contributed by atoms with van der Waals surface area (Å²) in [5.41, 5.74) is 1.53. The van der Waals surface area contributed by atoms with Crippen molar-refractivity contribution in [3.8, 4) is 0 Å². The van der Waals surface area contributed by atoms with Gasteiger partial charge in [0.05, 0.1) is 0 Å². The Kier molecular flexibility index (Phi) is 16.1. The molecule has 0 spiro atoms. The van der Waals surface area contributed by atoms with Gasteiger partial charge in [0, 0.05) is 10.4 Å². The Balaban J connectivity index is 0.00000108. The van der Waals surface area contributed by atoms with Gasteiger partial charge in [-0.15, -0.1) is 0 Å². The van der Waals surface area contributed by atoms with Gasteiger partial charge in [-0.1, -0.05) is 107 Å². The van der Waals surface area contributed by atoms with Gasteiger partial charge in [-0.25, -0.2) is 0 Å². The third-order valence-corrected chi connectivity index (χ3v) is 4.68. The number of rotatable bonds is 11. The Bertz CT molecular complexity index is 734. The standard InChI is InChI=1S/C22H32.Na.H2O4S/c1-2-3-4-5-6-7-8-9-10-11-15-20-17-14-18-21-16-12-13-19-22(20)21;;1-5(2,3)4/h12-14,16-19H,2-11,15H2,1H3;;(H2,1,2,3,4)/q;+1;/p-2. The molecule has 0 aliphatic rings. The van der Waals surface area contributed by atoms with Gasteiger partial charge in [0.15, 0.2) is 0 Å². The average molecular weight is 416 g/mol. The molecule has 0 amide bonds. The molecule has 0 N–H and O–H groups in total. The van der Waals surface area contributed by atoms with E-state index in [9.17, 15) is 0 Å². The summed E-state index contributed by atoms with van der Waals surface area (Å²) in [5.74, 6) is 0. The molecule has 0 unspecified atom stereocenters. The summed E-state index contributed by atoms with van der Waals surface area (Å²) in [7, 11) is -5.17. The number of fused-ring (bicyclic) bond motifs is 1. The molecule has 0 fully saturated rings. The van der Waals surface area contributed by atoms with E-state index in [1.165, 1.54) is 87.0 Å². The molecular formula is C22H32NaO4S-. The maximum atomic E-state index is 8.52. The minimum Gasteiger partial charge on any atom is -0.759 e. The second-order valence-corrected chi connectivity index (χ2v) is 7.79. The monoisotopic (exact) mass is 415 g/mol. The summed E-state index contributed by atoms with van der Waals surface area (Å²) >= 11 is 0. The maximum absolute atomic E-state index is 8.52. The van der Waals surface area contributed by atoms with Gasteiger partial charge < -0.3 is 9.11 Å². The summed E-state index contributed by atoms with van der Waals surface area (Å²) in [6.07, 6.45) is 15.4. The van der Waals surface area contributed by atoms with Crippen molar-refractivity contribution < 1.29 is 47.1 Å². The van der Waals surface area contributed by atoms with Gasteiger partial charge in [-0.3, -0.25) is 8.42 Å². The van der Waals surface area contributed by atoms with E-state index in [-0.39, 0.29) is 29.6 Å². The van der Waals surface area contributed by atoms with Crippen LogP contribution in [0.25, 0.3) is 10.8 Å². The van der Waals surface area contributed by atoms with E-state index in [2.05, 4.69) is 49.4 Å². The Morgan fingerprint density at radius 3 is 1.75 bits per heavy atom. The molecular weight excluding hydrogens is 383 g/mol. The molecule has 0 atom stereocenters. The van der Waals surface area contributed by atoms with Crippen molar-refractivity contribution >= 4 is 21.2 Å². The minimum absolute atomic E-state index is 0. The Morgan fingerprint density at radius 1 is 0.714 bits per heavy atom. The van der Waals surface area contributed by atoms with Crippen LogP contribution in [0.1, 0.15) is 76.7 Å². The first kappa shape index (κ1) is 27.6. The first-order chi connectivity index (χ1) is 12.9. The van der Waals surface area contributed by atoms with Crippen molar-refractivity contribution in [1.82, 2.24) is 0 Å². The van der Waals surface area contributed by atoms with E-state index in [1.807, 2.05) is 0 Å². The smallest absolute Gasteiger partial charge is 0.759 e. The number of hydrogen-bond acceptors (Lipinski definition) is 4.